The second kappa shape index (κ2) is 8.31. The first-order valence-electron chi connectivity index (χ1n) is 9.89. The Balaban J connectivity index is 0.000000141. The smallest absolute Gasteiger partial charge is 0.169 e. The van der Waals surface area contributed by atoms with Crippen molar-refractivity contribution in [3.8, 4) is 0 Å². The van der Waals surface area contributed by atoms with Crippen molar-refractivity contribution >= 4 is 0 Å². The minimum Gasteiger partial charge on any atom is -0.348 e. The minimum atomic E-state index is -0.188. The highest BCUT2D eigenvalue weighted by Gasteiger charge is 2.40. The average molecular weight is 338 g/mol. The molecule has 0 aromatic rings. The van der Waals surface area contributed by atoms with E-state index < -0.39 is 0 Å². The molecule has 2 heterocycles. The molecule has 2 aliphatic carbocycles. The van der Waals surface area contributed by atoms with Gasteiger partial charge in [-0.25, -0.2) is 0 Å². The van der Waals surface area contributed by atoms with Gasteiger partial charge < -0.3 is 18.9 Å². The lowest BCUT2D eigenvalue weighted by Crippen LogP contribution is -2.34. The molecule has 0 N–H and O–H groups in total. The van der Waals surface area contributed by atoms with Gasteiger partial charge in [0.05, 0.1) is 26.4 Å². The van der Waals surface area contributed by atoms with Crippen LogP contribution < -0.4 is 0 Å². The van der Waals surface area contributed by atoms with Crippen LogP contribution in [-0.2, 0) is 18.9 Å². The summed E-state index contributed by atoms with van der Waals surface area (Å²) in [6, 6.07) is 0. The fourth-order valence-corrected chi connectivity index (χ4v) is 4.34. The van der Waals surface area contributed by atoms with Gasteiger partial charge in [0.15, 0.2) is 11.6 Å². The van der Waals surface area contributed by atoms with E-state index in [-0.39, 0.29) is 11.6 Å². The SMILES string of the molecule is CC=C1CCC2(CC1)OCCO2.CCC1CCC2(CC1)OCCO2. The van der Waals surface area contributed by atoms with Crippen LogP contribution in [0.5, 0.6) is 0 Å². The van der Waals surface area contributed by atoms with Gasteiger partial charge in [-0.15, -0.1) is 0 Å². The molecule has 0 amide bonds. The molecule has 0 aromatic carbocycles. The van der Waals surface area contributed by atoms with E-state index in [1.807, 2.05) is 0 Å². The van der Waals surface area contributed by atoms with Crippen LogP contribution >= 0.6 is 0 Å². The van der Waals surface area contributed by atoms with Gasteiger partial charge in [0.1, 0.15) is 0 Å². The summed E-state index contributed by atoms with van der Waals surface area (Å²) in [6.07, 6.45) is 12.7. The Kier molecular flexibility index (Phi) is 6.36. The van der Waals surface area contributed by atoms with Crippen LogP contribution in [0.4, 0.5) is 0 Å². The Hall–Kier alpha value is -0.420. The van der Waals surface area contributed by atoms with Crippen LogP contribution in [-0.4, -0.2) is 38.0 Å². The molecular formula is C20H34O4. The summed E-state index contributed by atoms with van der Waals surface area (Å²) in [6.45, 7) is 7.56. The van der Waals surface area contributed by atoms with Crippen molar-refractivity contribution in [3.63, 3.8) is 0 Å². The zero-order valence-corrected chi connectivity index (χ0v) is 15.5. The van der Waals surface area contributed by atoms with Gasteiger partial charge in [0.25, 0.3) is 0 Å². The van der Waals surface area contributed by atoms with Crippen molar-refractivity contribution in [1.29, 1.82) is 0 Å². The molecule has 0 bridgehead atoms. The van der Waals surface area contributed by atoms with Crippen molar-refractivity contribution in [2.45, 2.75) is 83.2 Å². The third kappa shape index (κ3) is 4.40. The predicted molar refractivity (Wildman–Crippen MR) is 93.7 cm³/mol. The molecule has 2 saturated heterocycles. The Labute approximate surface area is 146 Å². The van der Waals surface area contributed by atoms with Crippen LogP contribution in [0.2, 0.25) is 0 Å². The van der Waals surface area contributed by atoms with Crippen LogP contribution in [0.3, 0.4) is 0 Å². The fraction of sp³-hybridized carbons (Fsp3) is 0.900. The third-order valence-electron chi connectivity index (χ3n) is 6.13. The Morgan fingerprint density at radius 2 is 1.29 bits per heavy atom. The largest absolute Gasteiger partial charge is 0.348 e. The number of hydrogen-bond acceptors (Lipinski definition) is 4. The van der Waals surface area contributed by atoms with Crippen LogP contribution in [0.1, 0.15) is 71.6 Å². The fourth-order valence-electron chi connectivity index (χ4n) is 4.34. The molecule has 0 atom stereocenters. The number of allylic oxidation sites excluding steroid dienone is 2. The zero-order chi connectivity index (χ0) is 16.9. The zero-order valence-electron chi connectivity index (χ0n) is 15.5. The summed E-state index contributed by atoms with van der Waals surface area (Å²) in [5.74, 6) is 0.585. The molecule has 4 heteroatoms. The Morgan fingerprint density at radius 3 is 1.71 bits per heavy atom. The molecule has 2 aliphatic heterocycles. The van der Waals surface area contributed by atoms with E-state index in [1.165, 1.54) is 19.3 Å². The van der Waals surface area contributed by atoms with Crippen LogP contribution in [0, 0.1) is 5.92 Å². The monoisotopic (exact) mass is 338 g/mol. The van der Waals surface area contributed by atoms with Crippen molar-refractivity contribution in [2.24, 2.45) is 5.92 Å². The highest BCUT2D eigenvalue weighted by Crippen LogP contribution is 2.39. The molecular weight excluding hydrogens is 304 g/mol. The summed E-state index contributed by atoms with van der Waals surface area (Å²) < 4.78 is 22.6. The minimum absolute atomic E-state index is 0.147. The molecule has 2 saturated carbocycles. The first-order valence-corrected chi connectivity index (χ1v) is 9.89. The average Bonchev–Trinajstić information content (AvgIpc) is 3.28. The molecule has 4 rings (SSSR count). The van der Waals surface area contributed by atoms with E-state index in [9.17, 15) is 0 Å². The van der Waals surface area contributed by atoms with Gasteiger partial charge in [0, 0.05) is 25.7 Å². The number of hydrogen-bond donors (Lipinski definition) is 0. The van der Waals surface area contributed by atoms with Gasteiger partial charge in [-0.2, -0.15) is 0 Å². The summed E-state index contributed by atoms with van der Waals surface area (Å²) >= 11 is 0. The Bertz CT molecular complexity index is 397. The van der Waals surface area contributed by atoms with Gasteiger partial charge in [0.2, 0.25) is 0 Å². The molecule has 4 fully saturated rings. The maximum atomic E-state index is 5.65. The number of ether oxygens (including phenoxy) is 4. The summed E-state index contributed by atoms with van der Waals surface area (Å²) in [7, 11) is 0. The Morgan fingerprint density at radius 1 is 0.833 bits per heavy atom. The van der Waals surface area contributed by atoms with E-state index in [2.05, 4.69) is 19.9 Å². The molecule has 0 unspecified atom stereocenters. The van der Waals surface area contributed by atoms with Gasteiger partial charge >= 0.3 is 0 Å². The molecule has 4 aliphatic rings. The van der Waals surface area contributed by atoms with Crippen molar-refractivity contribution < 1.29 is 18.9 Å². The third-order valence-corrected chi connectivity index (χ3v) is 6.13. The summed E-state index contributed by atoms with van der Waals surface area (Å²) in [4.78, 5) is 0. The second-order valence-corrected chi connectivity index (χ2v) is 7.51. The van der Waals surface area contributed by atoms with Gasteiger partial charge in [-0.1, -0.05) is 25.0 Å². The van der Waals surface area contributed by atoms with Gasteiger partial charge in [-0.05, 0) is 38.5 Å². The number of rotatable bonds is 1. The van der Waals surface area contributed by atoms with Crippen LogP contribution in [0.15, 0.2) is 11.6 Å². The lowest BCUT2D eigenvalue weighted by molar-refractivity contribution is -0.182. The van der Waals surface area contributed by atoms with E-state index in [4.69, 9.17) is 18.9 Å². The van der Waals surface area contributed by atoms with E-state index in [0.717, 1.165) is 70.9 Å². The highest BCUT2D eigenvalue weighted by atomic mass is 16.7. The molecule has 138 valence electrons. The molecule has 0 aromatic heterocycles. The van der Waals surface area contributed by atoms with Crippen LogP contribution in [0.25, 0.3) is 0 Å². The topological polar surface area (TPSA) is 36.9 Å². The van der Waals surface area contributed by atoms with Crippen molar-refractivity contribution in [2.75, 3.05) is 26.4 Å². The molecule has 24 heavy (non-hydrogen) atoms. The first kappa shape index (κ1) is 18.4. The molecule has 4 nitrogen and oxygen atoms in total. The standard InChI is InChI=1S/C10H18O2.C10H16O2/c2*1-2-9-3-5-10(6-4-9)11-7-8-12-10/h9H,2-8H2,1H3;2H,3-8H2,1H3. The second-order valence-electron chi connectivity index (χ2n) is 7.51. The lowest BCUT2D eigenvalue weighted by atomic mass is 9.84. The maximum Gasteiger partial charge on any atom is 0.169 e. The van der Waals surface area contributed by atoms with Crippen molar-refractivity contribution in [1.82, 2.24) is 0 Å². The normalized spacial score (nSPS) is 31.1. The van der Waals surface area contributed by atoms with Crippen molar-refractivity contribution in [3.05, 3.63) is 11.6 Å². The quantitative estimate of drug-likeness (QED) is 0.656. The maximum absolute atomic E-state index is 5.65. The first-order chi connectivity index (χ1) is 11.7. The van der Waals surface area contributed by atoms with Gasteiger partial charge in [-0.3, -0.25) is 0 Å². The van der Waals surface area contributed by atoms with E-state index in [0.29, 0.717) is 0 Å². The summed E-state index contributed by atoms with van der Waals surface area (Å²) in [5, 5.41) is 0. The lowest BCUT2D eigenvalue weighted by Gasteiger charge is -2.34. The molecule has 0 radical (unpaired) electrons. The predicted octanol–water partition coefficient (Wildman–Crippen LogP) is 4.58. The molecule has 2 spiro atoms. The van der Waals surface area contributed by atoms with E-state index >= 15 is 0 Å². The highest BCUT2D eigenvalue weighted by molar-refractivity contribution is 5.06. The van der Waals surface area contributed by atoms with E-state index in [1.54, 1.807) is 5.57 Å². The summed E-state index contributed by atoms with van der Waals surface area (Å²) in [5.41, 5.74) is 1.56.